The van der Waals surface area contributed by atoms with E-state index in [9.17, 15) is 5.11 Å². The number of aryl methyl sites for hydroxylation is 1. The summed E-state index contributed by atoms with van der Waals surface area (Å²) in [6, 6.07) is 8.51. The molecule has 0 saturated carbocycles. The molecule has 100 valence electrons. The average molecular weight is 249 g/mol. The van der Waals surface area contributed by atoms with Gasteiger partial charge in [-0.1, -0.05) is 31.2 Å². The van der Waals surface area contributed by atoms with Gasteiger partial charge in [-0.05, 0) is 24.5 Å². The van der Waals surface area contributed by atoms with Crippen molar-refractivity contribution in [2.45, 2.75) is 32.4 Å². The maximum atomic E-state index is 10.4. The number of rotatable bonds is 4. The monoisotopic (exact) mass is 249 g/mol. The highest BCUT2D eigenvalue weighted by Crippen LogP contribution is 2.21. The number of hydrogen-bond donors (Lipinski definition) is 1. The van der Waals surface area contributed by atoms with E-state index in [2.05, 4.69) is 24.8 Å². The minimum absolute atomic E-state index is 0.404. The second kappa shape index (κ2) is 6.32. The Morgan fingerprint density at radius 1 is 1.44 bits per heavy atom. The van der Waals surface area contributed by atoms with Gasteiger partial charge in [0.2, 0.25) is 0 Å². The lowest BCUT2D eigenvalue weighted by Crippen LogP contribution is -2.46. The number of ether oxygens (including phenoxy) is 1. The molecule has 0 spiro atoms. The smallest absolute Gasteiger partial charge is 0.0919 e. The normalized spacial score (nSPS) is 22.9. The zero-order valence-electron chi connectivity index (χ0n) is 11.3. The molecule has 1 aliphatic rings. The highest BCUT2D eigenvalue weighted by atomic mass is 16.5. The number of nitrogens with zero attached hydrogens (tertiary/aromatic N) is 1. The lowest BCUT2D eigenvalue weighted by Gasteiger charge is -2.36. The summed E-state index contributed by atoms with van der Waals surface area (Å²) in [6.07, 6.45) is 0.666. The van der Waals surface area contributed by atoms with E-state index in [-0.39, 0.29) is 0 Å². The topological polar surface area (TPSA) is 32.7 Å². The molecule has 0 aliphatic carbocycles. The molecular weight excluding hydrogens is 226 g/mol. The van der Waals surface area contributed by atoms with E-state index in [1.54, 1.807) is 0 Å². The van der Waals surface area contributed by atoms with Crippen molar-refractivity contribution in [1.29, 1.82) is 0 Å². The van der Waals surface area contributed by atoms with Crippen LogP contribution in [0.2, 0.25) is 0 Å². The Kier molecular flexibility index (Phi) is 4.75. The van der Waals surface area contributed by atoms with Crippen molar-refractivity contribution in [3.63, 3.8) is 0 Å². The first-order chi connectivity index (χ1) is 8.72. The van der Waals surface area contributed by atoms with Crippen LogP contribution in [-0.2, 0) is 4.74 Å². The van der Waals surface area contributed by atoms with Crippen LogP contribution in [0.1, 0.15) is 30.6 Å². The standard InChI is InChI=1S/C15H23NO2/c1-3-13-11-18-9-8-16(13)10-15(17)14-7-5-4-6-12(14)2/h4-7,13,15,17H,3,8-11H2,1-2H3. The lowest BCUT2D eigenvalue weighted by atomic mass is 10.0. The van der Waals surface area contributed by atoms with E-state index in [0.717, 1.165) is 37.3 Å². The van der Waals surface area contributed by atoms with Crippen molar-refractivity contribution in [2.75, 3.05) is 26.3 Å². The van der Waals surface area contributed by atoms with Crippen molar-refractivity contribution in [3.8, 4) is 0 Å². The van der Waals surface area contributed by atoms with Gasteiger partial charge in [0, 0.05) is 19.1 Å². The fraction of sp³-hybridized carbons (Fsp3) is 0.600. The van der Waals surface area contributed by atoms with Gasteiger partial charge < -0.3 is 9.84 Å². The van der Waals surface area contributed by atoms with Crippen molar-refractivity contribution < 1.29 is 9.84 Å². The van der Waals surface area contributed by atoms with Crippen LogP contribution in [0.15, 0.2) is 24.3 Å². The molecule has 0 aromatic heterocycles. The molecule has 2 rings (SSSR count). The summed E-state index contributed by atoms with van der Waals surface area (Å²) in [5.74, 6) is 0. The van der Waals surface area contributed by atoms with Gasteiger partial charge in [-0.15, -0.1) is 0 Å². The van der Waals surface area contributed by atoms with Gasteiger partial charge in [0.1, 0.15) is 0 Å². The predicted octanol–water partition coefficient (Wildman–Crippen LogP) is 2.14. The molecule has 3 nitrogen and oxygen atoms in total. The Hall–Kier alpha value is -0.900. The summed E-state index contributed by atoms with van der Waals surface area (Å²) in [4.78, 5) is 2.35. The van der Waals surface area contributed by atoms with E-state index < -0.39 is 6.10 Å². The molecule has 18 heavy (non-hydrogen) atoms. The first-order valence-electron chi connectivity index (χ1n) is 6.77. The summed E-state index contributed by atoms with van der Waals surface area (Å²) in [6.45, 7) is 7.41. The molecule has 0 bridgehead atoms. The Bertz CT molecular complexity index is 381. The lowest BCUT2D eigenvalue weighted by molar-refractivity contribution is -0.0277. The summed E-state index contributed by atoms with van der Waals surface area (Å²) < 4.78 is 5.49. The second-order valence-corrected chi connectivity index (χ2v) is 5.00. The first kappa shape index (κ1) is 13.5. The van der Waals surface area contributed by atoms with Crippen molar-refractivity contribution in [2.24, 2.45) is 0 Å². The third kappa shape index (κ3) is 3.10. The Balaban J connectivity index is 2.02. The van der Waals surface area contributed by atoms with Gasteiger partial charge in [-0.25, -0.2) is 0 Å². The van der Waals surface area contributed by atoms with Gasteiger partial charge in [-0.3, -0.25) is 4.90 Å². The van der Waals surface area contributed by atoms with Crippen molar-refractivity contribution >= 4 is 0 Å². The zero-order chi connectivity index (χ0) is 13.0. The Morgan fingerprint density at radius 2 is 2.22 bits per heavy atom. The summed E-state index contributed by atoms with van der Waals surface area (Å²) in [7, 11) is 0. The summed E-state index contributed by atoms with van der Waals surface area (Å²) in [5, 5.41) is 10.4. The number of β-amino-alcohol motifs (C(OH)–C–C–N with tert-alkyl or cyclic N) is 1. The molecular formula is C15H23NO2. The average Bonchev–Trinajstić information content (AvgIpc) is 2.39. The predicted molar refractivity (Wildman–Crippen MR) is 72.6 cm³/mol. The Labute approximate surface area is 109 Å². The molecule has 2 unspecified atom stereocenters. The maximum Gasteiger partial charge on any atom is 0.0919 e. The van der Waals surface area contributed by atoms with Crippen LogP contribution in [-0.4, -0.2) is 42.4 Å². The van der Waals surface area contributed by atoms with E-state index in [1.165, 1.54) is 0 Å². The molecule has 1 aliphatic heterocycles. The molecule has 3 heteroatoms. The highest BCUT2D eigenvalue weighted by molar-refractivity contribution is 5.27. The molecule has 0 radical (unpaired) electrons. The fourth-order valence-corrected chi connectivity index (χ4v) is 2.59. The number of aliphatic hydroxyl groups is 1. The number of benzene rings is 1. The van der Waals surface area contributed by atoms with Gasteiger partial charge >= 0.3 is 0 Å². The number of aliphatic hydroxyl groups excluding tert-OH is 1. The quantitative estimate of drug-likeness (QED) is 0.887. The molecule has 2 atom stereocenters. The second-order valence-electron chi connectivity index (χ2n) is 5.00. The molecule has 1 fully saturated rings. The third-order valence-electron chi connectivity index (χ3n) is 3.78. The first-order valence-corrected chi connectivity index (χ1v) is 6.77. The largest absolute Gasteiger partial charge is 0.387 e. The van der Waals surface area contributed by atoms with E-state index in [4.69, 9.17) is 4.74 Å². The van der Waals surface area contributed by atoms with E-state index >= 15 is 0 Å². The SMILES string of the molecule is CCC1COCCN1CC(O)c1ccccc1C. The minimum atomic E-state index is -0.404. The number of hydrogen-bond acceptors (Lipinski definition) is 3. The van der Waals surface area contributed by atoms with Gasteiger partial charge in [0.25, 0.3) is 0 Å². The minimum Gasteiger partial charge on any atom is -0.387 e. The van der Waals surface area contributed by atoms with Gasteiger partial charge in [0.05, 0.1) is 19.3 Å². The van der Waals surface area contributed by atoms with Crippen LogP contribution < -0.4 is 0 Å². The van der Waals surface area contributed by atoms with Crippen LogP contribution in [0, 0.1) is 6.92 Å². The zero-order valence-corrected chi connectivity index (χ0v) is 11.3. The molecule has 1 N–H and O–H groups in total. The van der Waals surface area contributed by atoms with Crippen molar-refractivity contribution in [3.05, 3.63) is 35.4 Å². The van der Waals surface area contributed by atoms with Crippen LogP contribution in [0.25, 0.3) is 0 Å². The van der Waals surface area contributed by atoms with Crippen LogP contribution in [0.5, 0.6) is 0 Å². The maximum absolute atomic E-state index is 10.4. The van der Waals surface area contributed by atoms with Crippen LogP contribution in [0.3, 0.4) is 0 Å². The molecule has 1 heterocycles. The molecule has 1 aromatic rings. The van der Waals surface area contributed by atoms with Crippen molar-refractivity contribution in [1.82, 2.24) is 4.90 Å². The van der Waals surface area contributed by atoms with Crippen LogP contribution in [0.4, 0.5) is 0 Å². The highest BCUT2D eigenvalue weighted by Gasteiger charge is 2.24. The van der Waals surface area contributed by atoms with E-state index in [0.29, 0.717) is 12.6 Å². The fourth-order valence-electron chi connectivity index (χ4n) is 2.59. The Morgan fingerprint density at radius 3 is 2.94 bits per heavy atom. The summed E-state index contributed by atoms with van der Waals surface area (Å²) >= 11 is 0. The number of morpholine rings is 1. The van der Waals surface area contributed by atoms with Gasteiger partial charge in [-0.2, -0.15) is 0 Å². The molecule has 1 aromatic carbocycles. The van der Waals surface area contributed by atoms with Gasteiger partial charge in [0.15, 0.2) is 0 Å². The molecule has 0 amide bonds. The van der Waals surface area contributed by atoms with Crippen LogP contribution >= 0.6 is 0 Å². The summed E-state index contributed by atoms with van der Waals surface area (Å²) in [5.41, 5.74) is 2.20. The molecule has 1 saturated heterocycles. The third-order valence-corrected chi connectivity index (χ3v) is 3.78. The van der Waals surface area contributed by atoms with E-state index in [1.807, 2.05) is 18.2 Å².